The SMILES string of the molecule is CCc1ncc(OC)c(Nc2n[nH]c3ccccc23)n1.COc1ccc(NC(=O)C2CC2)cc1. The van der Waals surface area contributed by atoms with E-state index in [9.17, 15) is 4.79 Å². The van der Waals surface area contributed by atoms with Crippen LogP contribution in [0.25, 0.3) is 10.9 Å². The molecule has 0 radical (unpaired) electrons. The van der Waals surface area contributed by atoms with E-state index < -0.39 is 0 Å². The van der Waals surface area contributed by atoms with Gasteiger partial charge in [0.1, 0.15) is 11.6 Å². The summed E-state index contributed by atoms with van der Waals surface area (Å²) in [5.74, 6) is 3.88. The van der Waals surface area contributed by atoms with Crippen LogP contribution in [0.5, 0.6) is 11.5 Å². The van der Waals surface area contributed by atoms with Crippen molar-refractivity contribution in [3.05, 3.63) is 60.6 Å². The fourth-order valence-corrected chi connectivity index (χ4v) is 3.25. The first kappa shape index (κ1) is 23.0. The highest BCUT2D eigenvalue weighted by Gasteiger charge is 2.29. The maximum absolute atomic E-state index is 11.4. The zero-order valence-electron chi connectivity index (χ0n) is 19.5. The molecule has 1 amide bonds. The molecule has 2 heterocycles. The minimum Gasteiger partial charge on any atom is -0.497 e. The van der Waals surface area contributed by atoms with E-state index in [0.717, 1.165) is 53.2 Å². The number of benzene rings is 2. The van der Waals surface area contributed by atoms with Crippen molar-refractivity contribution < 1.29 is 14.3 Å². The van der Waals surface area contributed by atoms with Gasteiger partial charge in [0.15, 0.2) is 17.4 Å². The Labute approximate surface area is 197 Å². The number of H-pyrrole nitrogens is 1. The van der Waals surface area contributed by atoms with Crippen LogP contribution in [0.1, 0.15) is 25.6 Å². The summed E-state index contributed by atoms with van der Waals surface area (Å²) in [7, 11) is 3.22. The summed E-state index contributed by atoms with van der Waals surface area (Å²) in [6, 6.07) is 15.3. The van der Waals surface area contributed by atoms with Crippen LogP contribution in [0.2, 0.25) is 0 Å². The van der Waals surface area contributed by atoms with Crippen LogP contribution >= 0.6 is 0 Å². The highest BCUT2D eigenvalue weighted by atomic mass is 16.5. The number of methoxy groups -OCH3 is 2. The van der Waals surface area contributed by atoms with E-state index in [1.165, 1.54) is 0 Å². The van der Waals surface area contributed by atoms with Crippen molar-refractivity contribution >= 4 is 34.1 Å². The van der Waals surface area contributed by atoms with Gasteiger partial charge in [-0.3, -0.25) is 9.89 Å². The molecule has 4 aromatic rings. The Morgan fingerprint density at radius 3 is 2.50 bits per heavy atom. The molecular formula is C25H28N6O3. The molecule has 5 rings (SSSR count). The number of nitrogens with zero attached hydrogens (tertiary/aromatic N) is 3. The van der Waals surface area contributed by atoms with Gasteiger partial charge < -0.3 is 20.1 Å². The summed E-state index contributed by atoms with van der Waals surface area (Å²) in [4.78, 5) is 20.0. The Morgan fingerprint density at radius 2 is 1.82 bits per heavy atom. The van der Waals surface area contributed by atoms with Gasteiger partial charge in [-0.05, 0) is 49.2 Å². The summed E-state index contributed by atoms with van der Waals surface area (Å²) in [5.41, 5.74) is 1.81. The molecule has 34 heavy (non-hydrogen) atoms. The molecular weight excluding hydrogens is 432 g/mol. The number of para-hydroxylation sites is 1. The molecule has 0 unspecified atom stereocenters. The Morgan fingerprint density at radius 1 is 1.06 bits per heavy atom. The van der Waals surface area contributed by atoms with Crippen molar-refractivity contribution in [3.8, 4) is 11.5 Å². The number of amides is 1. The molecule has 9 nitrogen and oxygen atoms in total. The summed E-state index contributed by atoms with van der Waals surface area (Å²) in [6.45, 7) is 2.01. The smallest absolute Gasteiger partial charge is 0.227 e. The van der Waals surface area contributed by atoms with Crippen LogP contribution < -0.4 is 20.1 Å². The average molecular weight is 461 g/mol. The number of hydrogen-bond acceptors (Lipinski definition) is 7. The van der Waals surface area contributed by atoms with Crippen molar-refractivity contribution in [2.45, 2.75) is 26.2 Å². The lowest BCUT2D eigenvalue weighted by atomic mass is 10.2. The monoisotopic (exact) mass is 460 g/mol. The van der Waals surface area contributed by atoms with Gasteiger partial charge in [0.25, 0.3) is 0 Å². The molecule has 0 aliphatic heterocycles. The number of carbonyl (C=O) groups is 1. The number of aromatic nitrogens is 4. The van der Waals surface area contributed by atoms with Crippen molar-refractivity contribution in [1.29, 1.82) is 0 Å². The fraction of sp³-hybridized carbons (Fsp3) is 0.280. The largest absolute Gasteiger partial charge is 0.497 e. The van der Waals surface area contributed by atoms with Gasteiger partial charge in [0.05, 0.1) is 25.9 Å². The molecule has 2 aromatic carbocycles. The van der Waals surface area contributed by atoms with Crippen molar-refractivity contribution in [3.63, 3.8) is 0 Å². The van der Waals surface area contributed by atoms with Crippen LogP contribution in [-0.4, -0.2) is 40.3 Å². The maximum atomic E-state index is 11.4. The fourth-order valence-electron chi connectivity index (χ4n) is 3.25. The number of carbonyl (C=O) groups excluding carboxylic acids is 1. The van der Waals surface area contributed by atoms with Gasteiger partial charge >= 0.3 is 0 Å². The van der Waals surface area contributed by atoms with Crippen LogP contribution in [0.15, 0.2) is 54.7 Å². The first-order valence-electron chi connectivity index (χ1n) is 11.2. The highest BCUT2D eigenvalue weighted by molar-refractivity contribution is 5.94. The number of aromatic amines is 1. The Bertz CT molecular complexity index is 1250. The first-order chi connectivity index (χ1) is 16.6. The lowest BCUT2D eigenvalue weighted by molar-refractivity contribution is -0.117. The highest BCUT2D eigenvalue weighted by Crippen LogP contribution is 2.30. The van der Waals surface area contributed by atoms with E-state index >= 15 is 0 Å². The quantitative estimate of drug-likeness (QED) is 0.366. The summed E-state index contributed by atoms with van der Waals surface area (Å²) in [5, 5.41) is 14.3. The number of aryl methyl sites for hydroxylation is 1. The molecule has 1 aliphatic carbocycles. The second-order valence-corrected chi connectivity index (χ2v) is 7.79. The van der Waals surface area contributed by atoms with E-state index in [4.69, 9.17) is 9.47 Å². The van der Waals surface area contributed by atoms with Crippen molar-refractivity contribution in [2.24, 2.45) is 5.92 Å². The molecule has 0 spiro atoms. The van der Waals surface area contributed by atoms with Crippen LogP contribution in [-0.2, 0) is 11.2 Å². The Hall–Kier alpha value is -4.14. The van der Waals surface area contributed by atoms with Crippen LogP contribution in [0.3, 0.4) is 0 Å². The molecule has 1 fully saturated rings. The van der Waals surface area contributed by atoms with E-state index in [1.807, 2.05) is 55.5 Å². The van der Waals surface area contributed by atoms with E-state index in [0.29, 0.717) is 11.6 Å². The van der Waals surface area contributed by atoms with Gasteiger partial charge in [-0.2, -0.15) is 5.10 Å². The zero-order valence-corrected chi connectivity index (χ0v) is 19.5. The van der Waals surface area contributed by atoms with Gasteiger partial charge in [0, 0.05) is 23.4 Å². The summed E-state index contributed by atoms with van der Waals surface area (Å²) >= 11 is 0. The van der Waals surface area contributed by atoms with Crippen LogP contribution in [0, 0.1) is 5.92 Å². The average Bonchev–Trinajstić information content (AvgIpc) is 3.66. The van der Waals surface area contributed by atoms with E-state index in [1.54, 1.807) is 20.4 Å². The van der Waals surface area contributed by atoms with Crippen molar-refractivity contribution in [2.75, 3.05) is 24.9 Å². The molecule has 0 atom stereocenters. The second kappa shape index (κ2) is 10.7. The molecule has 1 aliphatic rings. The summed E-state index contributed by atoms with van der Waals surface area (Å²) < 4.78 is 10.3. The maximum Gasteiger partial charge on any atom is 0.227 e. The third-order valence-corrected chi connectivity index (χ3v) is 5.35. The number of ether oxygens (including phenoxy) is 2. The summed E-state index contributed by atoms with van der Waals surface area (Å²) in [6.07, 6.45) is 4.49. The predicted octanol–water partition coefficient (Wildman–Crippen LogP) is 4.71. The number of hydrogen-bond donors (Lipinski definition) is 3. The Balaban J connectivity index is 0.000000172. The lowest BCUT2D eigenvalue weighted by Gasteiger charge is -2.09. The number of nitrogens with one attached hydrogen (secondary N) is 3. The van der Waals surface area contributed by atoms with E-state index in [2.05, 4.69) is 30.8 Å². The molecule has 1 saturated carbocycles. The normalized spacial score (nSPS) is 12.4. The van der Waals surface area contributed by atoms with Gasteiger partial charge in [-0.25, -0.2) is 9.97 Å². The topological polar surface area (TPSA) is 114 Å². The standard InChI is InChI=1S/C14H15N5O.C11H13NO2/c1-3-12-15-8-11(20-2)14(16-12)17-13-9-6-4-5-7-10(9)18-19-13;1-14-10-6-4-9(5-7-10)12-11(13)8-2-3-8/h4-8H,3H2,1-2H3,(H2,15,16,17,18,19);4-8H,2-3H2,1H3,(H,12,13). The van der Waals surface area contributed by atoms with Crippen LogP contribution in [0.4, 0.5) is 17.3 Å². The van der Waals surface area contributed by atoms with Gasteiger partial charge in [-0.15, -0.1) is 0 Å². The first-order valence-corrected chi connectivity index (χ1v) is 11.2. The lowest BCUT2D eigenvalue weighted by Crippen LogP contribution is -2.12. The molecule has 9 heteroatoms. The van der Waals surface area contributed by atoms with Gasteiger partial charge in [0.2, 0.25) is 5.91 Å². The Kier molecular flexibility index (Phi) is 7.22. The second-order valence-electron chi connectivity index (χ2n) is 7.79. The third-order valence-electron chi connectivity index (χ3n) is 5.35. The molecule has 0 saturated heterocycles. The molecule has 2 aromatic heterocycles. The van der Waals surface area contributed by atoms with Gasteiger partial charge in [-0.1, -0.05) is 19.1 Å². The minimum absolute atomic E-state index is 0.134. The number of rotatable bonds is 7. The number of fused-ring (bicyclic) bond motifs is 1. The van der Waals surface area contributed by atoms with E-state index in [-0.39, 0.29) is 11.8 Å². The molecule has 0 bridgehead atoms. The molecule has 176 valence electrons. The number of anilines is 3. The zero-order chi connectivity index (χ0) is 23.9. The third kappa shape index (κ3) is 5.61. The van der Waals surface area contributed by atoms with Crippen molar-refractivity contribution in [1.82, 2.24) is 20.2 Å². The predicted molar refractivity (Wildman–Crippen MR) is 132 cm³/mol. The molecule has 3 N–H and O–H groups in total. The minimum atomic E-state index is 0.134.